The maximum atomic E-state index is 14.0. The molecule has 6 aromatic rings. The van der Waals surface area contributed by atoms with Crippen LogP contribution < -0.4 is 8.37 Å². The fraction of sp³-hybridized carbons (Fsp3) is 0.345. The zero-order chi connectivity index (χ0) is 63.6. The Hall–Kier alpha value is -4.70. The molecule has 0 aromatic heterocycles. The third-order valence-corrected chi connectivity index (χ3v) is 17.9. The van der Waals surface area contributed by atoms with Crippen molar-refractivity contribution in [1.82, 2.24) is 0 Å². The van der Waals surface area contributed by atoms with Crippen molar-refractivity contribution in [3.63, 3.8) is 0 Å². The van der Waals surface area contributed by atoms with Crippen molar-refractivity contribution in [3.8, 4) is 22.6 Å². The van der Waals surface area contributed by atoms with E-state index in [-0.39, 0.29) is 71.8 Å². The van der Waals surface area contributed by atoms with E-state index in [1.807, 2.05) is 114 Å². The molecule has 4 aliphatic heterocycles. The van der Waals surface area contributed by atoms with Crippen molar-refractivity contribution in [2.24, 2.45) is 9.98 Å². The molecule has 4 heterocycles. The molecular formula is C58H56B2BrF10IN2O10PdS2. The van der Waals surface area contributed by atoms with Gasteiger partial charge in [0.2, 0.25) is 0 Å². The Balaban J connectivity index is 0.000000194. The molecule has 4 aliphatic rings. The van der Waals surface area contributed by atoms with E-state index in [1.54, 1.807) is 12.1 Å². The second-order valence-electron chi connectivity index (χ2n) is 21.8. The second kappa shape index (κ2) is 27.8. The van der Waals surface area contributed by atoms with E-state index in [2.05, 4.69) is 34.3 Å². The van der Waals surface area contributed by atoms with E-state index in [0.717, 1.165) is 55.4 Å². The maximum absolute atomic E-state index is 14.0. The van der Waals surface area contributed by atoms with Crippen molar-refractivity contribution >= 4 is 84.2 Å². The smallest absolute Gasteiger partial charge is 0.405 e. The molecule has 10 rings (SSSR count). The van der Waals surface area contributed by atoms with Gasteiger partial charge in [0.15, 0.2) is 0 Å². The summed E-state index contributed by atoms with van der Waals surface area (Å²) in [6, 6.07) is 32.6. The molecule has 2 atom stereocenters. The van der Waals surface area contributed by atoms with Crippen LogP contribution in [0.3, 0.4) is 0 Å². The van der Waals surface area contributed by atoms with Crippen molar-refractivity contribution in [2.45, 2.75) is 127 Å². The van der Waals surface area contributed by atoms with Gasteiger partial charge in [0, 0.05) is 39.9 Å². The summed E-state index contributed by atoms with van der Waals surface area (Å²) in [6.07, 6.45) is 2.41. The Morgan fingerprint density at radius 3 is 1.09 bits per heavy atom. The zero-order valence-electron chi connectivity index (χ0n) is 47.5. The fourth-order valence-corrected chi connectivity index (χ4v) is 10.3. The van der Waals surface area contributed by atoms with Crippen LogP contribution in [0, 0.1) is 26.8 Å². The third kappa shape index (κ3) is 17.4. The van der Waals surface area contributed by atoms with E-state index in [0.29, 0.717) is 36.2 Å². The summed E-state index contributed by atoms with van der Waals surface area (Å²) in [4.78, 5) is 8.99. The first-order valence-electron chi connectivity index (χ1n) is 26.3. The monoisotopic (exact) mass is 1530 g/mol. The summed E-state index contributed by atoms with van der Waals surface area (Å²) in [5, 5.41) is 0. The molecule has 6 aromatic carbocycles. The van der Waals surface area contributed by atoms with Crippen LogP contribution in [-0.4, -0.2) is 75.7 Å². The van der Waals surface area contributed by atoms with Crippen LogP contribution in [0.2, 0.25) is 0 Å². The van der Waals surface area contributed by atoms with Gasteiger partial charge in [0.1, 0.15) is 34.8 Å². The van der Waals surface area contributed by atoms with Gasteiger partial charge in [0.25, 0.3) is 0 Å². The molecule has 0 radical (unpaired) electrons. The van der Waals surface area contributed by atoms with Crippen LogP contribution >= 0.6 is 38.5 Å². The molecule has 12 nitrogen and oxygen atoms in total. The fourth-order valence-electron chi connectivity index (χ4n) is 8.71. The minimum atomic E-state index is -5.73. The van der Waals surface area contributed by atoms with Gasteiger partial charge in [-0.25, -0.2) is 17.6 Å². The number of hydrogen-bond donors (Lipinski definition) is 0. The first-order valence-corrected chi connectivity index (χ1v) is 31.0. The molecule has 0 N–H and O–H groups in total. The van der Waals surface area contributed by atoms with Crippen LogP contribution in [0.1, 0.15) is 115 Å². The maximum Gasteiger partial charge on any atom is 0.534 e. The van der Waals surface area contributed by atoms with Gasteiger partial charge >= 0.3 is 45.3 Å². The number of nitrogens with zero attached hydrogens (tertiary/aromatic N) is 2. The first-order chi connectivity index (χ1) is 39.8. The molecule has 2 saturated heterocycles. The molecule has 2 unspecified atom stereocenters. The van der Waals surface area contributed by atoms with Crippen LogP contribution in [-0.2, 0) is 59.3 Å². The van der Waals surface area contributed by atoms with Gasteiger partial charge < -0.3 is 27.0 Å². The molecule has 0 saturated carbocycles. The zero-order valence-corrected chi connectivity index (χ0v) is 54.4. The van der Waals surface area contributed by atoms with Gasteiger partial charge in [-0.05, 0) is 199 Å². The summed E-state index contributed by atoms with van der Waals surface area (Å²) < 4.78 is 205. The Kier molecular flexibility index (Phi) is 22.8. The Bertz CT molecular complexity index is 3580. The number of aliphatic imine (C=N–C) groups is 2. The number of alkyl halides is 6. The minimum Gasteiger partial charge on any atom is -0.405 e. The average molecular weight is 1530 g/mol. The first kappa shape index (κ1) is 71.4. The predicted octanol–water partition coefficient (Wildman–Crippen LogP) is 16.0. The summed E-state index contributed by atoms with van der Waals surface area (Å²) in [5.41, 5.74) is -8.27. The summed E-state index contributed by atoms with van der Waals surface area (Å²) in [7, 11) is -12.3. The number of rotatable bonds is 10. The van der Waals surface area contributed by atoms with Gasteiger partial charge in [-0.1, -0.05) is 76.6 Å². The SMILES string of the molecule is CC1(C)OB(B2OC(C)(C)C(C)(C)O2)OC1(C)C.Fc1cccc(F)c1C1=NC(c2ccc(Br)cc2)CC1.O=S(=O)(Oc1ccc(-c2ccc(C3CCC(c4c(F)cccc4F)=N3)cc2)cc1)C(F)(F)F.O=S(=O)(Oc1ccc(I)cc1)C(F)(F)F.[Pd]. The van der Waals surface area contributed by atoms with E-state index >= 15 is 0 Å². The predicted molar refractivity (Wildman–Crippen MR) is 318 cm³/mol. The topological polar surface area (TPSA) is 148 Å². The second-order valence-corrected chi connectivity index (χ2v) is 27.1. The molecule has 0 bridgehead atoms. The van der Waals surface area contributed by atoms with Crippen LogP contribution in [0.4, 0.5) is 43.9 Å². The number of halogens is 12. The number of hydrogen-bond acceptors (Lipinski definition) is 12. The molecule has 87 heavy (non-hydrogen) atoms. The normalized spacial score (nSPS) is 19.2. The van der Waals surface area contributed by atoms with E-state index in [1.165, 1.54) is 60.7 Å². The summed E-state index contributed by atoms with van der Waals surface area (Å²) >= 11 is 5.31. The van der Waals surface area contributed by atoms with E-state index in [4.69, 9.17) is 18.6 Å². The summed E-state index contributed by atoms with van der Waals surface area (Å²) in [6.45, 7) is 16.2. The van der Waals surface area contributed by atoms with Crippen molar-refractivity contribution < 1.29 is 108 Å². The molecule has 0 aliphatic carbocycles. The van der Waals surface area contributed by atoms with E-state index in [9.17, 15) is 60.7 Å². The van der Waals surface area contributed by atoms with E-state index < -0.39 is 74.3 Å². The third-order valence-electron chi connectivity index (χ3n) is 14.7. The van der Waals surface area contributed by atoms with Gasteiger partial charge in [-0.3, -0.25) is 9.98 Å². The average Bonchev–Trinajstić information content (AvgIpc) is 1.71. The van der Waals surface area contributed by atoms with Gasteiger partial charge in [0.05, 0.1) is 45.6 Å². The molecule has 29 heteroatoms. The minimum absolute atomic E-state index is 0. The van der Waals surface area contributed by atoms with Crippen molar-refractivity contribution in [3.05, 3.63) is 187 Å². The van der Waals surface area contributed by atoms with Crippen LogP contribution in [0.5, 0.6) is 11.5 Å². The van der Waals surface area contributed by atoms with Crippen molar-refractivity contribution in [2.75, 3.05) is 0 Å². The molecule has 2 fully saturated rings. The quantitative estimate of drug-likeness (QED) is 0.0427. The van der Waals surface area contributed by atoms with Gasteiger partial charge in [-0.2, -0.15) is 43.2 Å². The Morgan fingerprint density at radius 2 is 0.782 bits per heavy atom. The van der Waals surface area contributed by atoms with Crippen LogP contribution in [0.15, 0.2) is 148 Å². The number of benzene rings is 6. The molecule has 0 spiro atoms. The standard InChI is InChI=1S/C23H16F5NO3S.C16H12BrF2N.C12H24B2O4.C7H4F3IO3S.Pd/c24-18-2-1-3-19(25)22(18)21-13-12-20(29-21)16-6-4-14(5-7-16)15-8-10-17(11-9-15)32-33(30,31)23(26,27)28;17-11-6-4-10(5-7-11)14-8-9-15(20-14)16-12(18)2-1-3-13(16)19;1-9(2)10(3,4)16-13(15-9)14-17-11(5,6)12(7,8)18-14;8-7(9,10)15(12,13)14-6-3-1-5(11)2-4-6;/h1-11,20H,12-13H2;1-7,14H,8-9H2;1-8H3;1-4H;. The molecule has 470 valence electrons. The van der Waals surface area contributed by atoms with Crippen molar-refractivity contribution in [1.29, 1.82) is 0 Å². The summed E-state index contributed by atoms with van der Waals surface area (Å²) in [5.74, 6) is -3.21. The van der Waals surface area contributed by atoms with Crippen LogP contribution in [0.25, 0.3) is 11.1 Å². The Labute approximate surface area is 534 Å². The molecular weight excluding hydrogens is 1470 g/mol. The Morgan fingerprint density at radius 1 is 0.494 bits per heavy atom. The van der Waals surface area contributed by atoms with Gasteiger partial charge in [-0.15, -0.1) is 0 Å². The largest absolute Gasteiger partial charge is 0.534 e. The molecule has 0 amide bonds.